The molecular weight excluding hydrogens is 246 g/mol. The first kappa shape index (κ1) is 15.8. The number of carbonyl (C=O) groups is 1. The lowest BCUT2D eigenvalue weighted by Crippen LogP contribution is -2.44. The highest BCUT2D eigenvalue weighted by Crippen LogP contribution is 2.02. The van der Waals surface area contributed by atoms with Gasteiger partial charge in [0, 0.05) is 39.1 Å². The van der Waals surface area contributed by atoms with Crippen LogP contribution in [0, 0.1) is 0 Å². The number of piperazine rings is 1. The van der Waals surface area contributed by atoms with Crippen molar-refractivity contribution in [3.63, 3.8) is 0 Å². The average Bonchev–Trinajstić information content (AvgIpc) is 2.41. The van der Waals surface area contributed by atoms with E-state index >= 15 is 0 Å². The van der Waals surface area contributed by atoms with Crippen LogP contribution in [-0.4, -0.2) is 62.1 Å². The molecule has 1 fully saturated rings. The minimum Gasteiger partial charge on any atom is -0.356 e. The predicted octanol–water partition coefficient (Wildman–Crippen LogP) is 0.931. The van der Waals surface area contributed by atoms with Crippen LogP contribution in [0.4, 0.5) is 0 Å². The molecule has 0 bridgehead atoms. The number of hydrogen-bond acceptors (Lipinski definition) is 4. The van der Waals surface area contributed by atoms with Crippen LogP contribution < -0.4 is 10.6 Å². The van der Waals surface area contributed by atoms with E-state index in [4.69, 9.17) is 0 Å². The summed E-state index contributed by atoms with van der Waals surface area (Å²) in [6.45, 7) is 6.41. The molecule has 0 aliphatic carbocycles. The van der Waals surface area contributed by atoms with Crippen LogP contribution in [0.3, 0.4) is 0 Å². The van der Waals surface area contributed by atoms with Crippen LogP contribution in [0.1, 0.15) is 25.7 Å². The maximum Gasteiger partial charge on any atom is 0.219 e. The first-order chi connectivity index (χ1) is 8.83. The molecule has 0 aromatic carbocycles. The SMILES string of the molecule is CSCCCCC(=O)NCCCN1CCNCC1. The summed E-state index contributed by atoms with van der Waals surface area (Å²) in [5.41, 5.74) is 0. The van der Waals surface area contributed by atoms with Gasteiger partial charge in [-0.25, -0.2) is 0 Å². The third-order valence-corrected chi connectivity index (χ3v) is 3.88. The van der Waals surface area contributed by atoms with Gasteiger partial charge in [-0.3, -0.25) is 4.79 Å². The molecule has 0 atom stereocenters. The van der Waals surface area contributed by atoms with Crippen molar-refractivity contribution in [1.29, 1.82) is 0 Å². The Kier molecular flexibility index (Phi) is 9.34. The van der Waals surface area contributed by atoms with Gasteiger partial charge < -0.3 is 15.5 Å². The monoisotopic (exact) mass is 273 g/mol. The number of nitrogens with one attached hydrogen (secondary N) is 2. The van der Waals surface area contributed by atoms with Gasteiger partial charge in [0.2, 0.25) is 5.91 Å². The highest BCUT2D eigenvalue weighted by Gasteiger charge is 2.08. The molecule has 1 amide bonds. The van der Waals surface area contributed by atoms with Gasteiger partial charge in [0.15, 0.2) is 0 Å². The van der Waals surface area contributed by atoms with Crippen LogP contribution in [0.25, 0.3) is 0 Å². The van der Waals surface area contributed by atoms with E-state index in [9.17, 15) is 4.79 Å². The van der Waals surface area contributed by atoms with E-state index in [1.165, 1.54) is 0 Å². The zero-order valence-corrected chi connectivity index (χ0v) is 12.4. The molecule has 1 rings (SSSR count). The molecular formula is C13H27N3OS. The minimum absolute atomic E-state index is 0.219. The Morgan fingerprint density at radius 2 is 2.06 bits per heavy atom. The second-order valence-corrected chi connectivity index (χ2v) is 5.73. The Bertz CT molecular complexity index is 220. The van der Waals surface area contributed by atoms with Gasteiger partial charge in [-0.05, 0) is 37.8 Å². The van der Waals surface area contributed by atoms with Crippen LogP contribution in [-0.2, 0) is 4.79 Å². The van der Waals surface area contributed by atoms with Gasteiger partial charge in [-0.1, -0.05) is 0 Å². The van der Waals surface area contributed by atoms with E-state index in [0.29, 0.717) is 6.42 Å². The molecule has 0 spiro atoms. The zero-order valence-electron chi connectivity index (χ0n) is 11.5. The molecule has 1 saturated heterocycles. The van der Waals surface area contributed by atoms with Crippen molar-refractivity contribution >= 4 is 17.7 Å². The number of thioether (sulfide) groups is 1. The van der Waals surface area contributed by atoms with Crippen LogP contribution in [0.2, 0.25) is 0 Å². The summed E-state index contributed by atoms with van der Waals surface area (Å²) in [6, 6.07) is 0. The third kappa shape index (κ3) is 7.95. The Balaban J connectivity index is 1.88. The predicted molar refractivity (Wildman–Crippen MR) is 79.2 cm³/mol. The molecule has 1 heterocycles. The van der Waals surface area contributed by atoms with Crippen LogP contribution >= 0.6 is 11.8 Å². The molecule has 0 unspecified atom stereocenters. The summed E-state index contributed by atoms with van der Waals surface area (Å²) in [4.78, 5) is 14.0. The summed E-state index contributed by atoms with van der Waals surface area (Å²) >= 11 is 1.85. The van der Waals surface area contributed by atoms with E-state index in [2.05, 4.69) is 21.8 Å². The molecule has 0 aromatic rings. The Labute approximate surface area is 115 Å². The van der Waals surface area contributed by atoms with E-state index < -0.39 is 0 Å². The zero-order chi connectivity index (χ0) is 13.1. The highest BCUT2D eigenvalue weighted by atomic mass is 32.2. The molecule has 0 radical (unpaired) electrons. The fraction of sp³-hybridized carbons (Fsp3) is 0.923. The van der Waals surface area contributed by atoms with Gasteiger partial charge in [-0.15, -0.1) is 0 Å². The summed E-state index contributed by atoms with van der Waals surface area (Å²) in [7, 11) is 0. The first-order valence-electron chi connectivity index (χ1n) is 7.01. The number of rotatable bonds is 9. The van der Waals surface area contributed by atoms with Crippen molar-refractivity contribution in [2.24, 2.45) is 0 Å². The second kappa shape index (κ2) is 10.6. The van der Waals surface area contributed by atoms with Gasteiger partial charge in [0.25, 0.3) is 0 Å². The van der Waals surface area contributed by atoms with Crippen molar-refractivity contribution in [3.05, 3.63) is 0 Å². The third-order valence-electron chi connectivity index (χ3n) is 3.19. The van der Waals surface area contributed by atoms with Crippen molar-refractivity contribution in [2.75, 3.05) is 51.3 Å². The normalized spacial score (nSPS) is 16.7. The van der Waals surface area contributed by atoms with Crippen molar-refractivity contribution in [1.82, 2.24) is 15.5 Å². The lowest BCUT2D eigenvalue weighted by Gasteiger charge is -2.27. The fourth-order valence-electron chi connectivity index (χ4n) is 2.09. The van der Waals surface area contributed by atoms with E-state index in [0.717, 1.165) is 64.3 Å². The van der Waals surface area contributed by atoms with Crippen LogP contribution in [0.15, 0.2) is 0 Å². The van der Waals surface area contributed by atoms with Gasteiger partial charge >= 0.3 is 0 Å². The summed E-state index contributed by atoms with van der Waals surface area (Å²) < 4.78 is 0. The molecule has 0 aromatic heterocycles. The fourth-order valence-corrected chi connectivity index (χ4v) is 2.58. The summed E-state index contributed by atoms with van der Waals surface area (Å²) in [6.07, 6.45) is 6.03. The molecule has 5 heteroatoms. The van der Waals surface area contributed by atoms with Crippen molar-refractivity contribution in [2.45, 2.75) is 25.7 Å². The molecule has 18 heavy (non-hydrogen) atoms. The number of nitrogens with zero attached hydrogens (tertiary/aromatic N) is 1. The Morgan fingerprint density at radius 1 is 1.28 bits per heavy atom. The van der Waals surface area contributed by atoms with Crippen molar-refractivity contribution < 1.29 is 4.79 Å². The minimum atomic E-state index is 0.219. The number of hydrogen-bond donors (Lipinski definition) is 2. The van der Waals surface area contributed by atoms with Gasteiger partial charge in [0.1, 0.15) is 0 Å². The summed E-state index contributed by atoms with van der Waals surface area (Å²) in [5, 5.41) is 6.35. The molecule has 1 aliphatic heterocycles. The number of carbonyl (C=O) groups excluding carboxylic acids is 1. The molecule has 0 saturated carbocycles. The topological polar surface area (TPSA) is 44.4 Å². The second-order valence-electron chi connectivity index (χ2n) is 4.75. The Morgan fingerprint density at radius 3 is 2.78 bits per heavy atom. The number of amides is 1. The van der Waals surface area contributed by atoms with Gasteiger partial charge in [-0.2, -0.15) is 11.8 Å². The van der Waals surface area contributed by atoms with Crippen LogP contribution in [0.5, 0.6) is 0 Å². The quantitative estimate of drug-likeness (QED) is 0.614. The molecule has 1 aliphatic rings. The molecule has 4 nitrogen and oxygen atoms in total. The first-order valence-corrected chi connectivity index (χ1v) is 8.41. The lowest BCUT2D eigenvalue weighted by atomic mass is 10.2. The maximum absolute atomic E-state index is 11.5. The highest BCUT2D eigenvalue weighted by molar-refractivity contribution is 7.98. The smallest absolute Gasteiger partial charge is 0.219 e. The average molecular weight is 273 g/mol. The largest absolute Gasteiger partial charge is 0.356 e. The van der Waals surface area contributed by atoms with Crippen molar-refractivity contribution in [3.8, 4) is 0 Å². The summed E-state index contributed by atoms with van der Waals surface area (Å²) in [5.74, 6) is 1.38. The van der Waals surface area contributed by atoms with E-state index in [1.807, 2.05) is 11.8 Å². The standard InChI is InChI=1S/C13H27N3OS/c1-18-12-3-2-5-13(17)15-6-4-9-16-10-7-14-8-11-16/h14H,2-12H2,1H3,(H,15,17). The number of unbranched alkanes of at least 4 members (excludes halogenated alkanes) is 1. The maximum atomic E-state index is 11.5. The van der Waals surface area contributed by atoms with E-state index in [1.54, 1.807) is 0 Å². The molecule has 2 N–H and O–H groups in total. The molecule has 106 valence electrons. The van der Waals surface area contributed by atoms with E-state index in [-0.39, 0.29) is 5.91 Å². The lowest BCUT2D eigenvalue weighted by molar-refractivity contribution is -0.121. The Hall–Kier alpha value is -0.260. The van der Waals surface area contributed by atoms with Gasteiger partial charge in [0.05, 0.1) is 0 Å².